The van der Waals surface area contributed by atoms with Gasteiger partial charge in [0.25, 0.3) is 0 Å². The predicted molar refractivity (Wildman–Crippen MR) is 73.4 cm³/mol. The van der Waals surface area contributed by atoms with E-state index < -0.39 is 12.6 Å². The molecule has 0 saturated carbocycles. The van der Waals surface area contributed by atoms with Crippen molar-refractivity contribution < 1.29 is 13.2 Å². The Labute approximate surface area is 114 Å². The van der Waals surface area contributed by atoms with Gasteiger partial charge in [-0.05, 0) is 19.3 Å². The molecule has 0 saturated heterocycles. The molecule has 114 valence electrons. The normalized spacial score (nSPS) is 12.6. The van der Waals surface area contributed by atoms with Crippen LogP contribution in [0.5, 0.6) is 0 Å². The van der Waals surface area contributed by atoms with Gasteiger partial charge in [0.2, 0.25) is 0 Å². The van der Waals surface area contributed by atoms with E-state index in [0.717, 1.165) is 13.0 Å². The fourth-order valence-electron chi connectivity index (χ4n) is 1.64. The number of aliphatic imine (C=N–C) groups is 1. The van der Waals surface area contributed by atoms with Crippen LogP contribution in [0.2, 0.25) is 0 Å². The molecule has 0 aromatic carbocycles. The molecule has 0 atom stereocenters. The Morgan fingerprint density at radius 2 is 1.53 bits per heavy atom. The van der Waals surface area contributed by atoms with Crippen LogP contribution in [-0.4, -0.2) is 32.3 Å². The predicted octanol–water partition coefficient (Wildman–Crippen LogP) is 3.46. The third-order valence-electron chi connectivity index (χ3n) is 2.73. The molecular formula is C13H26F3N3. The Hall–Kier alpha value is -0.940. The fraction of sp³-hybridized carbons (Fsp3) is 0.923. The van der Waals surface area contributed by atoms with Gasteiger partial charge in [0.15, 0.2) is 5.96 Å². The molecule has 0 aliphatic carbocycles. The lowest BCUT2D eigenvalue weighted by Crippen LogP contribution is -2.38. The minimum Gasteiger partial charge on any atom is -0.356 e. The van der Waals surface area contributed by atoms with Crippen LogP contribution in [0, 0.1) is 0 Å². The lowest BCUT2D eigenvalue weighted by molar-refractivity contribution is -0.135. The zero-order valence-electron chi connectivity index (χ0n) is 11.9. The first-order valence-electron chi connectivity index (χ1n) is 7.01. The second-order valence-electron chi connectivity index (χ2n) is 4.56. The molecule has 6 heteroatoms. The van der Waals surface area contributed by atoms with E-state index in [2.05, 4.69) is 22.5 Å². The molecule has 0 fully saturated rings. The maximum Gasteiger partial charge on any atom is 0.389 e. The molecule has 0 heterocycles. The van der Waals surface area contributed by atoms with Gasteiger partial charge in [-0.1, -0.05) is 26.2 Å². The SMILES string of the molecule is CCCCCCNC(=NC)NCCCCC(F)(F)F. The lowest BCUT2D eigenvalue weighted by atomic mass is 10.2. The van der Waals surface area contributed by atoms with Gasteiger partial charge in [0.1, 0.15) is 0 Å². The number of hydrogen-bond donors (Lipinski definition) is 2. The van der Waals surface area contributed by atoms with Gasteiger partial charge >= 0.3 is 6.18 Å². The number of guanidine groups is 1. The van der Waals surface area contributed by atoms with Crippen LogP contribution in [0.4, 0.5) is 13.2 Å². The second-order valence-corrected chi connectivity index (χ2v) is 4.56. The van der Waals surface area contributed by atoms with E-state index in [1.165, 1.54) is 19.3 Å². The van der Waals surface area contributed by atoms with Gasteiger partial charge in [-0.25, -0.2) is 0 Å². The van der Waals surface area contributed by atoms with Crippen molar-refractivity contribution in [2.75, 3.05) is 20.1 Å². The zero-order valence-corrected chi connectivity index (χ0v) is 11.9. The van der Waals surface area contributed by atoms with Gasteiger partial charge in [0, 0.05) is 26.6 Å². The molecule has 0 aliphatic heterocycles. The molecule has 2 N–H and O–H groups in total. The molecule has 0 unspecified atom stereocenters. The van der Waals surface area contributed by atoms with Crippen molar-refractivity contribution in [2.45, 2.75) is 58.0 Å². The number of nitrogens with one attached hydrogen (secondary N) is 2. The molecule has 0 spiro atoms. The molecule has 0 aliphatic rings. The first-order chi connectivity index (χ1) is 8.99. The van der Waals surface area contributed by atoms with E-state index in [1.54, 1.807) is 7.05 Å². The topological polar surface area (TPSA) is 36.4 Å². The van der Waals surface area contributed by atoms with E-state index in [4.69, 9.17) is 0 Å². The average Bonchev–Trinajstić information content (AvgIpc) is 2.34. The number of rotatable bonds is 9. The van der Waals surface area contributed by atoms with Crippen LogP contribution in [-0.2, 0) is 0 Å². The van der Waals surface area contributed by atoms with Crippen LogP contribution in [0.25, 0.3) is 0 Å². The van der Waals surface area contributed by atoms with E-state index in [9.17, 15) is 13.2 Å². The quantitative estimate of drug-likeness (QED) is 0.386. The van der Waals surface area contributed by atoms with E-state index in [-0.39, 0.29) is 6.42 Å². The Morgan fingerprint density at radius 1 is 0.947 bits per heavy atom. The zero-order chi connectivity index (χ0) is 14.6. The van der Waals surface area contributed by atoms with E-state index in [0.29, 0.717) is 18.9 Å². The molecule has 0 radical (unpaired) electrons. The molecule has 0 aromatic heterocycles. The highest BCUT2D eigenvalue weighted by Crippen LogP contribution is 2.21. The first kappa shape index (κ1) is 18.1. The Kier molecular flexibility index (Phi) is 10.4. The molecule has 0 bridgehead atoms. The summed E-state index contributed by atoms with van der Waals surface area (Å²) >= 11 is 0. The highest BCUT2D eigenvalue weighted by molar-refractivity contribution is 5.79. The van der Waals surface area contributed by atoms with Crippen molar-refractivity contribution in [1.82, 2.24) is 10.6 Å². The van der Waals surface area contributed by atoms with Gasteiger partial charge in [0.05, 0.1) is 0 Å². The minimum absolute atomic E-state index is 0.157. The molecular weight excluding hydrogens is 255 g/mol. The van der Waals surface area contributed by atoms with E-state index in [1.807, 2.05) is 0 Å². The van der Waals surface area contributed by atoms with Crippen molar-refractivity contribution in [1.29, 1.82) is 0 Å². The number of hydrogen-bond acceptors (Lipinski definition) is 1. The summed E-state index contributed by atoms with van der Waals surface area (Å²) in [6.07, 6.45) is 0.600. The number of nitrogens with zero attached hydrogens (tertiary/aromatic N) is 1. The summed E-state index contributed by atoms with van der Waals surface area (Å²) in [5.74, 6) is 0.670. The second kappa shape index (κ2) is 10.9. The largest absolute Gasteiger partial charge is 0.389 e. The van der Waals surface area contributed by atoms with E-state index >= 15 is 0 Å². The van der Waals surface area contributed by atoms with Crippen molar-refractivity contribution in [3.05, 3.63) is 0 Å². The molecule has 19 heavy (non-hydrogen) atoms. The Bertz CT molecular complexity index is 240. The van der Waals surface area contributed by atoms with Crippen LogP contribution < -0.4 is 10.6 Å². The molecule has 0 amide bonds. The summed E-state index contributed by atoms with van der Waals surface area (Å²) in [6.45, 7) is 3.53. The van der Waals surface area contributed by atoms with Gasteiger partial charge in [-0.2, -0.15) is 13.2 Å². The molecule has 0 aromatic rings. The van der Waals surface area contributed by atoms with Crippen molar-refractivity contribution in [3.63, 3.8) is 0 Å². The third-order valence-corrected chi connectivity index (χ3v) is 2.73. The molecule has 3 nitrogen and oxygen atoms in total. The summed E-state index contributed by atoms with van der Waals surface area (Å²) < 4.78 is 35.8. The number of halogens is 3. The van der Waals surface area contributed by atoms with Gasteiger partial charge in [-0.15, -0.1) is 0 Å². The summed E-state index contributed by atoms with van der Waals surface area (Å²) in [4.78, 5) is 4.02. The van der Waals surface area contributed by atoms with Crippen LogP contribution in [0.15, 0.2) is 4.99 Å². The summed E-state index contributed by atoms with van der Waals surface area (Å²) in [7, 11) is 1.66. The summed E-state index contributed by atoms with van der Waals surface area (Å²) in [6, 6.07) is 0. The number of alkyl halides is 3. The van der Waals surface area contributed by atoms with Gasteiger partial charge in [-0.3, -0.25) is 4.99 Å². The summed E-state index contributed by atoms with van der Waals surface area (Å²) in [5, 5.41) is 6.17. The van der Waals surface area contributed by atoms with Gasteiger partial charge < -0.3 is 10.6 Å². The number of unbranched alkanes of at least 4 members (excludes halogenated alkanes) is 4. The van der Waals surface area contributed by atoms with Crippen molar-refractivity contribution >= 4 is 5.96 Å². The Balaban J connectivity index is 3.50. The minimum atomic E-state index is -4.04. The Morgan fingerprint density at radius 3 is 2.00 bits per heavy atom. The van der Waals surface area contributed by atoms with Crippen molar-refractivity contribution in [2.24, 2.45) is 4.99 Å². The maximum absolute atomic E-state index is 11.9. The van der Waals surface area contributed by atoms with Crippen molar-refractivity contribution in [3.8, 4) is 0 Å². The van der Waals surface area contributed by atoms with Crippen LogP contribution >= 0.6 is 0 Å². The monoisotopic (exact) mass is 281 g/mol. The molecule has 0 rings (SSSR count). The summed E-state index contributed by atoms with van der Waals surface area (Å²) in [5.41, 5.74) is 0. The van der Waals surface area contributed by atoms with Crippen LogP contribution in [0.3, 0.4) is 0 Å². The van der Waals surface area contributed by atoms with Crippen LogP contribution in [0.1, 0.15) is 51.9 Å². The highest BCUT2D eigenvalue weighted by Gasteiger charge is 2.25. The third kappa shape index (κ3) is 13.3. The smallest absolute Gasteiger partial charge is 0.356 e. The maximum atomic E-state index is 11.9. The first-order valence-corrected chi connectivity index (χ1v) is 7.01. The lowest BCUT2D eigenvalue weighted by Gasteiger charge is -2.12. The highest BCUT2D eigenvalue weighted by atomic mass is 19.4. The average molecular weight is 281 g/mol. The fourth-order valence-corrected chi connectivity index (χ4v) is 1.64. The standard InChI is InChI=1S/C13H26F3N3/c1-3-4-5-7-10-18-12(17-2)19-11-8-6-9-13(14,15)16/h3-11H2,1-2H3,(H2,17,18,19).